The van der Waals surface area contributed by atoms with Gasteiger partial charge in [0, 0.05) is 32.2 Å². The van der Waals surface area contributed by atoms with Crippen molar-refractivity contribution in [2.24, 2.45) is 0 Å². The fourth-order valence-corrected chi connectivity index (χ4v) is 2.92. The molecule has 2 N–H and O–H groups in total. The number of carbonyl (C=O) groups is 2. The number of urea groups is 1. The topological polar surface area (TPSA) is 64.7 Å². The highest BCUT2D eigenvalue weighted by Gasteiger charge is 2.34. The SMILES string of the molecule is C[C@@H](C(=O)NCC(F)(F)F)N1CCC(N2CCNC2=O)CC1. The van der Waals surface area contributed by atoms with Crippen molar-refractivity contribution >= 4 is 11.9 Å². The number of likely N-dealkylation sites (tertiary alicyclic amines) is 1. The number of hydrogen-bond donors (Lipinski definition) is 2. The minimum absolute atomic E-state index is 0.0607. The first-order valence-corrected chi connectivity index (χ1v) is 7.41. The highest BCUT2D eigenvalue weighted by Crippen LogP contribution is 2.20. The number of amides is 3. The summed E-state index contributed by atoms with van der Waals surface area (Å²) in [5.41, 5.74) is 0. The third kappa shape index (κ3) is 4.25. The molecule has 2 aliphatic heterocycles. The molecule has 0 aromatic rings. The number of rotatable bonds is 4. The first-order chi connectivity index (χ1) is 10.3. The van der Waals surface area contributed by atoms with E-state index >= 15 is 0 Å². The summed E-state index contributed by atoms with van der Waals surface area (Å²) in [5.74, 6) is -0.616. The standard InChI is InChI=1S/C13H21F3N4O2/c1-9(11(21)18-8-13(14,15)16)19-5-2-10(3-6-19)20-7-4-17-12(20)22/h9-10H,2-8H2,1H3,(H,17,22)(H,18,21)/t9-/m0/s1. The Labute approximate surface area is 127 Å². The first kappa shape index (κ1) is 16.9. The third-order valence-corrected chi connectivity index (χ3v) is 4.22. The van der Waals surface area contributed by atoms with E-state index in [0.717, 1.165) is 12.8 Å². The predicted octanol–water partition coefficient (Wildman–Crippen LogP) is 0.543. The quantitative estimate of drug-likeness (QED) is 0.794. The van der Waals surface area contributed by atoms with Crippen LogP contribution in [0.4, 0.5) is 18.0 Å². The molecule has 0 spiro atoms. The van der Waals surface area contributed by atoms with Crippen molar-refractivity contribution in [3.8, 4) is 0 Å². The lowest BCUT2D eigenvalue weighted by molar-refractivity contribution is -0.141. The number of nitrogens with zero attached hydrogens (tertiary/aromatic N) is 2. The van der Waals surface area contributed by atoms with Crippen molar-refractivity contribution in [1.29, 1.82) is 0 Å². The van der Waals surface area contributed by atoms with Gasteiger partial charge in [-0.3, -0.25) is 9.69 Å². The van der Waals surface area contributed by atoms with Gasteiger partial charge in [0.1, 0.15) is 6.54 Å². The van der Waals surface area contributed by atoms with E-state index in [-0.39, 0.29) is 12.1 Å². The molecule has 0 aliphatic carbocycles. The third-order valence-electron chi connectivity index (χ3n) is 4.22. The molecule has 0 saturated carbocycles. The second kappa shape index (κ2) is 6.72. The van der Waals surface area contributed by atoms with Crippen molar-refractivity contribution < 1.29 is 22.8 Å². The van der Waals surface area contributed by atoms with Crippen molar-refractivity contribution in [2.75, 3.05) is 32.7 Å². The molecule has 0 aromatic carbocycles. The van der Waals surface area contributed by atoms with E-state index in [1.165, 1.54) is 0 Å². The van der Waals surface area contributed by atoms with Gasteiger partial charge < -0.3 is 15.5 Å². The molecule has 22 heavy (non-hydrogen) atoms. The lowest BCUT2D eigenvalue weighted by Crippen LogP contribution is -2.53. The summed E-state index contributed by atoms with van der Waals surface area (Å²) in [5, 5.41) is 4.67. The maximum Gasteiger partial charge on any atom is 0.405 e. The smallest absolute Gasteiger partial charge is 0.346 e. The number of halogens is 3. The zero-order valence-corrected chi connectivity index (χ0v) is 12.4. The Morgan fingerprint density at radius 3 is 2.50 bits per heavy atom. The number of hydrogen-bond acceptors (Lipinski definition) is 3. The van der Waals surface area contributed by atoms with Crippen LogP contribution in [0, 0.1) is 0 Å². The molecule has 126 valence electrons. The fourth-order valence-electron chi connectivity index (χ4n) is 2.92. The molecular weight excluding hydrogens is 301 g/mol. The van der Waals surface area contributed by atoms with Crippen LogP contribution in [-0.2, 0) is 4.79 Å². The van der Waals surface area contributed by atoms with Gasteiger partial charge in [0.05, 0.1) is 6.04 Å². The molecule has 1 atom stereocenters. The normalized spacial score (nSPS) is 22.5. The summed E-state index contributed by atoms with van der Waals surface area (Å²) in [6.45, 7) is 2.82. The van der Waals surface area contributed by atoms with Gasteiger partial charge in [-0.05, 0) is 19.8 Å². The Morgan fingerprint density at radius 2 is 2.00 bits per heavy atom. The van der Waals surface area contributed by atoms with Crippen LogP contribution in [0.25, 0.3) is 0 Å². The van der Waals surface area contributed by atoms with Crippen LogP contribution in [0.2, 0.25) is 0 Å². The number of nitrogens with one attached hydrogen (secondary N) is 2. The molecule has 3 amide bonds. The van der Waals surface area contributed by atoms with Crippen LogP contribution in [-0.4, -0.2) is 72.7 Å². The number of piperidine rings is 1. The Bertz CT molecular complexity index is 422. The van der Waals surface area contributed by atoms with Crippen LogP contribution >= 0.6 is 0 Å². The molecule has 9 heteroatoms. The minimum atomic E-state index is -4.40. The van der Waals surface area contributed by atoms with E-state index in [1.807, 2.05) is 10.2 Å². The minimum Gasteiger partial charge on any atom is -0.346 e. The van der Waals surface area contributed by atoms with Crippen molar-refractivity contribution in [1.82, 2.24) is 20.4 Å². The summed E-state index contributed by atoms with van der Waals surface area (Å²) in [7, 11) is 0. The van der Waals surface area contributed by atoms with Crippen molar-refractivity contribution in [3.05, 3.63) is 0 Å². The predicted molar refractivity (Wildman–Crippen MR) is 73.2 cm³/mol. The van der Waals surface area contributed by atoms with E-state index < -0.39 is 24.7 Å². The average molecular weight is 322 g/mol. The van der Waals surface area contributed by atoms with Crippen molar-refractivity contribution in [3.63, 3.8) is 0 Å². The molecule has 0 radical (unpaired) electrons. The van der Waals surface area contributed by atoms with E-state index in [4.69, 9.17) is 0 Å². The summed E-state index contributed by atoms with van der Waals surface area (Å²) < 4.78 is 36.3. The van der Waals surface area contributed by atoms with E-state index in [1.54, 1.807) is 11.8 Å². The van der Waals surface area contributed by atoms with E-state index in [9.17, 15) is 22.8 Å². The van der Waals surface area contributed by atoms with Gasteiger partial charge in [0.25, 0.3) is 0 Å². The molecule has 0 unspecified atom stereocenters. The second-order valence-corrected chi connectivity index (χ2v) is 5.70. The van der Waals surface area contributed by atoms with Gasteiger partial charge in [-0.2, -0.15) is 13.2 Å². The maximum atomic E-state index is 12.1. The Balaban J connectivity index is 1.78. The fraction of sp³-hybridized carbons (Fsp3) is 0.846. The first-order valence-electron chi connectivity index (χ1n) is 7.41. The summed E-state index contributed by atoms with van der Waals surface area (Å²) >= 11 is 0. The molecule has 0 aromatic heterocycles. The van der Waals surface area contributed by atoms with Gasteiger partial charge in [0.15, 0.2) is 0 Å². The molecular formula is C13H21F3N4O2. The lowest BCUT2D eigenvalue weighted by Gasteiger charge is -2.38. The molecule has 6 nitrogen and oxygen atoms in total. The van der Waals surface area contributed by atoms with Gasteiger partial charge >= 0.3 is 12.2 Å². The zero-order chi connectivity index (χ0) is 16.3. The number of carbonyl (C=O) groups excluding carboxylic acids is 2. The highest BCUT2D eigenvalue weighted by molar-refractivity contribution is 5.81. The average Bonchev–Trinajstić information content (AvgIpc) is 2.89. The monoisotopic (exact) mass is 322 g/mol. The summed E-state index contributed by atoms with van der Waals surface area (Å²) in [6.07, 6.45) is -2.94. The van der Waals surface area contributed by atoms with Crippen LogP contribution in [0.5, 0.6) is 0 Å². The molecule has 2 fully saturated rings. The largest absolute Gasteiger partial charge is 0.405 e. The van der Waals surface area contributed by atoms with Crippen LogP contribution in [0.15, 0.2) is 0 Å². The van der Waals surface area contributed by atoms with Gasteiger partial charge in [-0.15, -0.1) is 0 Å². The maximum absolute atomic E-state index is 12.1. The second-order valence-electron chi connectivity index (χ2n) is 5.70. The number of alkyl halides is 3. The zero-order valence-electron chi connectivity index (χ0n) is 12.4. The molecule has 0 bridgehead atoms. The summed E-state index contributed by atoms with van der Waals surface area (Å²) in [6, 6.07) is -0.519. The van der Waals surface area contributed by atoms with Crippen LogP contribution in [0.1, 0.15) is 19.8 Å². The van der Waals surface area contributed by atoms with Gasteiger partial charge in [0.2, 0.25) is 5.91 Å². The van der Waals surface area contributed by atoms with Crippen molar-refractivity contribution in [2.45, 2.75) is 38.0 Å². The van der Waals surface area contributed by atoms with Crippen LogP contribution < -0.4 is 10.6 Å². The molecule has 2 saturated heterocycles. The molecule has 2 heterocycles. The highest BCUT2D eigenvalue weighted by atomic mass is 19.4. The molecule has 2 aliphatic rings. The van der Waals surface area contributed by atoms with E-state index in [0.29, 0.717) is 26.2 Å². The summed E-state index contributed by atoms with van der Waals surface area (Å²) in [4.78, 5) is 27.0. The molecule has 2 rings (SSSR count). The Hall–Kier alpha value is -1.51. The Kier molecular flexibility index (Phi) is 5.15. The Morgan fingerprint density at radius 1 is 1.36 bits per heavy atom. The van der Waals surface area contributed by atoms with Gasteiger partial charge in [-0.1, -0.05) is 0 Å². The van der Waals surface area contributed by atoms with Gasteiger partial charge in [-0.25, -0.2) is 4.79 Å². The lowest BCUT2D eigenvalue weighted by atomic mass is 10.0. The van der Waals surface area contributed by atoms with E-state index in [2.05, 4.69) is 5.32 Å². The van der Waals surface area contributed by atoms with Crippen LogP contribution in [0.3, 0.4) is 0 Å².